The van der Waals surface area contributed by atoms with Gasteiger partial charge in [-0.05, 0) is 56.2 Å². The smallest absolute Gasteiger partial charge is 0.187 e. The normalized spacial score (nSPS) is 10.7. The minimum atomic E-state index is 0.273. The van der Waals surface area contributed by atoms with E-state index < -0.39 is 0 Å². The average Bonchev–Trinajstić information content (AvgIpc) is 2.44. The van der Waals surface area contributed by atoms with Crippen LogP contribution in [0.15, 0.2) is 23.3 Å². The second kappa shape index (κ2) is 9.18. The van der Waals surface area contributed by atoms with Gasteiger partial charge in [-0.2, -0.15) is 5.10 Å². The Labute approximate surface area is 131 Å². The average molecular weight is 309 g/mol. The van der Waals surface area contributed by atoms with Gasteiger partial charge >= 0.3 is 0 Å². The van der Waals surface area contributed by atoms with Crippen molar-refractivity contribution in [3.8, 4) is 11.5 Å². The second-order valence-electron chi connectivity index (χ2n) is 4.76. The number of methoxy groups -OCH3 is 1. The van der Waals surface area contributed by atoms with Crippen molar-refractivity contribution >= 4 is 23.5 Å². The molecule has 0 fully saturated rings. The molecular weight excluding hydrogens is 286 g/mol. The zero-order valence-electron chi connectivity index (χ0n) is 13.0. The Morgan fingerprint density at radius 2 is 2.14 bits per heavy atom. The zero-order valence-corrected chi connectivity index (χ0v) is 13.8. The predicted octanol–water partition coefficient (Wildman–Crippen LogP) is 2.69. The zero-order chi connectivity index (χ0) is 15.7. The number of rotatable bonds is 7. The molecule has 116 valence electrons. The highest BCUT2D eigenvalue weighted by Gasteiger charge is 2.04. The number of hydrazone groups is 1. The van der Waals surface area contributed by atoms with Gasteiger partial charge in [-0.3, -0.25) is 5.43 Å². The summed E-state index contributed by atoms with van der Waals surface area (Å²) in [6, 6.07) is 5.92. The van der Waals surface area contributed by atoms with E-state index in [4.69, 9.17) is 21.7 Å². The van der Waals surface area contributed by atoms with Crippen LogP contribution < -0.4 is 20.2 Å². The fourth-order valence-electron chi connectivity index (χ4n) is 1.56. The summed E-state index contributed by atoms with van der Waals surface area (Å²) in [5.41, 5.74) is 3.68. The van der Waals surface area contributed by atoms with Crippen LogP contribution in [0.4, 0.5) is 0 Å². The van der Waals surface area contributed by atoms with Crippen LogP contribution in [-0.4, -0.2) is 31.1 Å². The largest absolute Gasteiger partial charge is 0.493 e. The first-order chi connectivity index (χ1) is 10.1. The van der Waals surface area contributed by atoms with Crippen LogP contribution in [0.2, 0.25) is 0 Å². The number of hydrogen-bond donors (Lipinski definition) is 2. The summed E-state index contributed by atoms with van der Waals surface area (Å²) in [6.45, 7) is 6.74. The van der Waals surface area contributed by atoms with Crippen molar-refractivity contribution in [1.82, 2.24) is 10.7 Å². The van der Waals surface area contributed by atoms with Crippen LogP contribution in [0, 0.1) is 0 Å². The maximum absolute atomic E-state index is 5.65. The van der Waals surface area contributed by atoms with Crippen LogP contribution in [0.5, 0.6) is 11.5 Å². The highest BCUT2D eigenvalue weighted by molar-refractivity contribution is 7.80. The number of nitrogens with zero attached hydrogens (tertiary/aromatic N) is 1. The number of nitrogens with one attached hydrogen (secondary N) is 2. The molecule has 1 aromatic rings. The highest BCUT2D eigenvalue weighted by atomic mass is 32.1. The monoisotopic (exact) mass is 309 g/mol. The van der Waals surface area contributed by atoms with Gasteiger partial charge in [0.25, 0.3) is 0 Å². The van der Waals surface area contributed by atoms with Gasteiger partial charge in [-0.1, -0.05) is 6.92 Å². The van der Waals surface area contributed by atoms with Crippen molar-refractivity contribution in [2.45, 2.75) is 33.2 Å². The molecule has 5 nitrogen and oxygen atoms in total. The maximum atomic E-state index is 5.65. The topological polar surface area (TPSA) is 54.9 Å². The van der Waals surface area contributed by atoms with E-state index >= 15 is 0 Å². The molecule has 0 unspecified atom stereocenters. The predicted molar refractivity (Wildman–Crippen MR) is 90.4 cm³/mol. The Bertz CT molecular complexity index is 490. The molecule has 1 aromatic carbocycles. The van der Waals surface area contributed by atoms with E-state index in [1.165, 1.54) is 0 Å². The maximum Gasteiger partial charge on any atom is 0.187 e. The van der Waals surface area contributed by atoms with Crippen LogP contribution in [0.1, 0.15) is 32.8 Å². The van der Waals surface area contributed by atoms with Crippen LogP contribution in [0.3, 0.4) is 0 Å². The molecule has 0 bridgehead atoms. The molecule has 0 spiro atoms. The third-order valence-electron chi connectivity index (χ3n) is 2.45. The van der Waals surface area contributed by atoms with Crippen LogP contribution in [-0.2, 0) is 0 Å². The van der Waals surface area contributed by atoms with Gasteiger partial charge in [0.15, 0.2) is 16.6 Å². The Kier molecular flexibility index (Phi) is 7.53. The minimum Gasteiger partial charge on any atom is -0.493 e. The van der Waals surface area contributed by atoms with Crippen LogP contribution in [0.25, 0.3) is 0 Å². The molecule has 0 aliphatic carbocycles. The fourth-order valence-corrected chi connectivity index (χ4v) is 1.85. The Morgan fingerprint density at radius 1 is 1.38 bits per heavy atom. The van der Waals surface area contributed by atoms with Gasteiger partial charge in [0.1, 0.15) is 0 Å². The fraction of sp³-hybridized carbons (Fsp3) is 0.467. The van der Waals surface area contributed by atoms with E-state index in [1.54, 1.807) is 13.3 Å². The second-order valence-corrected chi connectivity index (χ2v) is 5.17. The lowest BCUT2D eigenvalue weighted by atomic mass is 10.2. The van der Waals surface area contributed by atoms with Gasteiger partial charge in [-0.15, -0.1) is 0 Å². The standard InChI is InChI=1S/C15H23N3O2S/c1-5-8-20-14-9-12(6-7-13(14)19-4)10-16-18-15(21)17-11(2)3/h6-7,9-11H,5,8H2,1-4H3,(H2,17,18,21)/b16-10-. The summed E-state index contributed by atoms with van der Waals surface area (Å²) in [4.78, 5) is 0. The Balaban J connectivity index is 2.68. The molecule has 0 aromatic heterocycles. The third-order valence-corrected chi connectivity index (χ3v) is 2.66. The molecule has 0 saturated heterocycles. The molecule has 2 N–H and O–H groups in total. The number of ether oxygens (including phenoxy) is 2. The minimum absolute atomic E-state index is 0.273. The SMILES string of the molecule is CCCOc1cc(/C=N\NC(=S)NC(C)C)ccc1OC. The summed E-state index contributed by atoms with van der Waals surface area (Å²) in [6.07, 6.45) is 2.63. The van der Waals surface area contributed by atoms with Crippen molar-refractivity contribution in [3.63, 3.8) is 0 Å². The first-order valence-electron chi connectivity index (χ1n) is 6.97. The Morgan fingerprint density at radius 3 is 2.76 bits per heavy atom. The molecule has 0 saturated carbocycles. The molecule has 6 heteroatoms. The van der Waals surface area contributed by atoms with Crippen LogP contribution >= 0.6 is 12.2 Å². The molecule has 0 aliphatic heterocycles. The van der Waals surface area contributed by atoms with Gasteiger partial charge in [0.2, 0.25) is 0 Å². The van der Waals surface area contributed by atoms with Gasteiger partial charge < -0.3 is 14.8 Å². The number of benzene rings is 1. The lowest BCUT2D eigenvalue weighted by molar-refractivity contribution is 0.294. The molecule has 0 radical (unpaired) electrons. The summed E-state index contributed by atoms with van der Waals surface area (Å²) < 4.78 is 10.9. The quantitative estimate of drug-likeness (QED) is 0.461. The summed E-state index contributed by atoms with van der Waals surface area (Å²) in [7, 11) is 1.62. The first kappa shape index (κ1) is 17.2. The lowest BCUT2D eigenvalue weighted by Gasteiger charge is -2.11. The Hall–Kier alpha value is -1.82. The first-order valence-corrected chi connectivity index (χ1v) is 7.38. The van der Waals surface area contributed by atoms with Crippen molar-refractivity contribution in [1.29, 1.82) is 0 Å². The summed E-state index contributed by atoms with van der Waals surface area (Å²) in [5.74, 6) is 1.43. The van der Waals surface area contributed by atoms with E-state index in [2.05, 4.69) is 22.8 Å². The van der Waals surface area contributed by atoms with E-state index in [0.717, 1.165) is 12.0 Å². The van der Waals surface area contributed by atoms with E-state index in [1.807, 2.05) is 32.0 Å². The highest BCUT2D eigenvalue weighted by Crippen LogP contribution is 2.27. The van der Waals surface area contributed by atoms with Crippen molar-refractivity contribution < 1.29 is 9.47 Å². The molecular formula is C15H23N3O2S. The molecule has 0 aliphatic rings. The molecule has 0 atom stereocenters. The summed E-state index contributed by atoms with van der Waals surface area (Å²) in [5, 5.41) is 7.64. The molecule has 0 amide bonds. The molecule has 0 heterocycles. The van der Waals surface area contributed by atoms with E-state index in [-0.39, 0.29) is 6.04 Å². The van der Waals surface area contributed by atoms with Gasteiger partial charge in [-0.25, -0.2) is 0 Å². The molecule has 21 heavy (non-hydrogen) atoms. The summed E-state index contributed by atoms with van der Waals surface area (Å²) >= 11 is 5.09. The van der Waals surface area contributed by atoms with Crippen molar-refractivity contribution in [3.05, 3.63) is 23.8 Å². The third kappa shape index (κ3) is 6.44. The van der Waals surface area contributed by atoms with Gasteiger partial charge in [0.05, 0.1) is 19.9 Å². The van der Waals surface area contributed by atoms with E-state index in [9.17, 15) is 0 Å². The van der Waals surface area contributed by atoms with Crippen molar-refractivity contribution in [2.24, 2.45) is 5.10 Å². The van der Waals surface area contributed by atoms with E-state index in [0.29, 0.717) is 23.2 Å². The number of hydrogen-bond acceptors (Lipinski definition) is 4. The van der Waals surface area contributed by atoms with Crippen molar-refractivity contribution in [2.75, 3.05) is 13.7 Å². The lowest BCUT2D eigenvalue weighted by Crippen LogP contribution is -2.36. The molecule has 1 rings (SSSR count). The van der Waals surface area contributed by atoms with Gasteiger partial charge in [0, 0.05) is 6.04 Å². The number of thiocarbonyl (C=S) groups is 1.